The van der Waals surface area contributed by atoms with Gasteiger partial charge in [-0.1, -0.05) is 24.3 Å². The molecular formula is C15H21NO3. The van der Waals surface area contributed by atoms with Gasteiger partial charge in [0.1, 0.15) is 0 Å². The summed E-state index contributed by atoms with van der Waals surface area (Å²) in [5, 5.41) is 20.9. The van der Waals surface area contributed by atoms with Gasteiger partial charge >= 0.3 is 0 Å². The Labute approximate surface area is 113 Å². The van der Waals surface area contributed by atoms with Crippen LogP contribution >= 0.6 is 0 Å². The summed E-state index contributed by atoms with van der Waals surface area (Å²) in [4.78, 5) is 11.9. The van der Waals surface area contributed by atoms with Crippen molar-refractivity contribution in [1.82, 2.24) is 5.32 Å². The zero-order valence-electron chi connectivity index (χ0n) is 11.6. The summed E-state index contributed by atoms with van der Waals surface area (Å²) in [6.07, 6.45) is 1.48. The molecule has 19 heavy (non-hydrogen) atoms. The third-order valence-corrected chi connectivity index (χ3v) is 3.04. The first kappa shape index (κ1) is 15.4. The van der Waals surface area contributed by atoms with E-state index in [1.165, 1.54) is 6.08 Å². The van der Waals surface area contributed by atoms with Crippen LogP contribution in [0.1, 0.15) is 25.0 Å². The molecule has 0 saturated heterocycles. The Morgan fingerprint density at radius 1 is 1.32 bits per heavy atom. The molecule has 0 radical (unpaired) electrons. The monoisotopic (exact) mass is 263 g/mol. The lowest BCUT2D eigenvalue weighted by atomic mass is 10.0. The van der Waals surface area contributed by atoms with Crippen molar-refractivity contribution in [2.24, 2.45) is 0 Å². The van der Waals surface area contributed by atoms with Gasteiger partial charge in [-0.2, -0.15) is 0 Å². The molecule has 104 valence electrons. The highest BCUT2D eigenvalue weighted by molar-refractivity contribution is 5.95. The molecule has 1 amide bonds. The lowest BCUT2D eigenvalue weighted by Crippen LogP contribution is -2.51. The molecule has 4 heteroatoms. The smallest absolute Gasteiger partial charge is 0.244 e. The number of amides is 1. The third-order valence-electron chi connectivity index (χ3n) is 3.04. The van der Waals surface area contributed by atoms with Gasteiger partial charge in [-0.25, -0.2) is 0 Å². The molecule has 0 spiro atoms. The van der Waals surface area contributed by atoms with Crippen LogP contribution in [-0.2, 0) is 4.79 Å². The number of hydrogen-bond acceptors (Lipinski definition) is 3. The fourth-order valence-electron chi connectivity index (χ4n) is 1.75. The van der Waals surface area contributed by atoms with Crippen LogP contribution in [0.4, 0.5) is 0 Å². The van der Waals surface area contributed by atoms with Gasteiger partial charge in [-0.3, -0.25) is 4.79 Å². The van der Waals surface area contributed by atoms with Crippen molar-refractivity contribution in [3.8, 4) is 0 Å². The van der Waals surface area contributed by atoms with Crippen molar-refractivity contribution >= 4 is 11.5 Å². The number of hydrogen-bond donors (Lipinski definition) is 3. The maximum Gasteiger partial charge on any atom is 0.244 e. The van der Waals surface area contributed by atoms with Crippen molar-refractivity contribution < 1.29 is 15.0 Å². The van der Waals surface area contributed by atoms with Crippen LogP contribution in [0, 0.1) is 6.92 Å². The van der Waals surface area contributed by atoms with E-state index in [0.717, 1.165) is 16.7 Å². The zero-order chi connectivity index (χ0) is 14.5. The van der Waals surface area contributed by atoms with Crippen LogP contribution in [-0.4, -0.2) is 34.9 Å². The molecule has 0 fully saturated rings. The summed E-state index contributed by atoms with van der Waals surface area (Å²) < 4.78 is 0. The Kier molecular flexibility index (Phi) is 5.27. The highest BCUT2D eigenvalue weighted by Gasteiger charge is 2.23. The van der Waals surface area contributed by atoms with Crippen molar-refractivity contribution in [1.29, 1.82) is 0 Å². The van der Waals surface area contributed by atoms with Gasteiger partial charge in [0.2, 0.25) is 5.91 Å². The molecule has 0 atom stereocenters. The molecule has 0 aliphatic heterocycles. The average molecular weight is 263 g/mol. The first-order valence-corrected chi connectivity index (χ1v) is 6.20. The van der Waals surface area contributed by atoms with E-state index < -0.39 is 5.54 Å². The first-order valence-electron chi connectivity index (χ1n) is 6.20. The SMILES string of the molecule is CC(=CC(=O)NC(C)(CO)CO)c1ccccc1C. The number of carbonyl (C=O) groups excluding carboxylic acids is 1. The molecule has 0 heterocycles. The van der Waals surface area contributed by atoms with E-state index in [4.69, 9.17) is 10.2 Å². The van der Waals surface area contributed by atoms with Crippen LogP contribution in [0.5, 0.6) is 0 Å². The number of aryl methyl sites for hydroxylation is 1. The zero-order valence-corrected chi connectivity index (χ0v) is 11.6. The van der Waals surface area contributed by atoms with Crippen LogP contribution in [0.3, 0.4) is 0 Å². The molecule has 1 aromatic carbocycles. The molecule has 0 bridgehead atoms. The largest absolute Gasteiger partial charge is 0.394 e. The van der Waals surface area contributed by atoms with E-state index in [9.17, 15) is 4.79 Å². The second-order valence-electron chi connectivity index (χ2n) is 5.01. The van der Waals surface area contributed by atoms with E-state index in [1.807, 2.05) is 38.1 Å². The molecule has 4 nitrogen and oxygen atoms in total. The lowest BCUT2D eigenvalue weighted by Gasteiger charge is -2.25. The number of allylic oxidation sites excluding steroid dienone is 1. The summed E-state index contributed by atoms with van der Waals surface area (Å²) >= 11 is 0. The Morgan fingerprint density at radius 3 is 2.42 bits per heavy atom. The molecule has 0 aliphatic rings. The molecule has 1 aromatic rings. The van der Waals surface area contributed by atoms with Crippen LogP contribution < -0.4 is 5.32 Å². The predicted molar refractivity (Wildman–Crippen MR) is 75.5 cm³/mol. The summed E-state index contributed by atoms with van der Waals surface area (Å²) in [5.41, 5.74) is 1.94. The maximum absolute atomic E-state index is 11.9. The molecule has 0 unspecified atom stereocenters. The van der Waals surface area contributed by atoms with Gasteiger partial charge in [-0.05, 0) is 37.5 Å². The molecule has 0 aliphatic carbocycles. The molecule has 0 saturated carbocycles. The van der Waals surface area contributed by atoms with Gasteiger partial charge < -0.3 is 15.5 Å². The van der Waals surface area contributed by atoms with Gasteiger partial charge in [0, 0.05) is 6.08 Å². The lowest BCUT2D eigenvalue weighted by molar-refractivity contribution is -0.119. The molecule has 1 rings (SSSR count). The van der Waals surface area contributed by atoms with Crippen LogP contribution in [0.25, 0.3) is 5.57 Å². The second kappa shape index (κ2) is 6.50. The van der Waals surface area contributed by atoms with Crippen molar-refractivity contribution in [2.75, 3.05) is 13.2 Å². The normalized spacial score (nSPS) is 12.4. The topological polar surface area (TPSA) is 69.6 Å². The number of aliphatic hydroxyl groups is 2. The van der Waals surface area contributed by atoms with Crippen molar-refractivity contribution in [2.45, 2.75) is 26.3 Å². The Bertz CT molecular complexity index is 476. The van der Waals surface area contributed by atoms with Crippen molar-refractivity contribution in [3.63, 3.8) is 0 Å². The summed E-state index contributed by atoms with van der Waals surface area (Å²) in [5.74, 6) is -0.327. The molecule has 0 aromatic heterocycles. The van der Waals surface area contributed by atoms with Crippen LogP contribution in [0.15, 0.2) is 30.3 Å². The Morgan fingerprint density at radius 2 is 1.89 bits per heavy atom. The molecule has 3 N–H and O–H groups in total. The second-order valence-corrected chi connectivity index (χ2v) is 5.01. The van der Waals surface area contributed by atoms with Gasteiger partial charge in [0.25, 0.3) is 0 Å². The third kappa shape index (κ3) is 4.19. The standard InChI is InChI=1S/C15H21NO3/c1-11-6-4-5-7-13(11)12(2)8-14(19)16-15(3,9-17)10-18/h4-8,17-18H,9-10H2,1-3H3,(H,16,19). The fourth-order valence-corrected chi connectivity index (χ4v) is 1.75. The van der Waals surface area contributed by atoms with Crippen LogP contribution in [0.2, 0.25) is 0 Å². The van der Waals surface area contributed by atoms with E-state index in [1.54, 1.807) is 6.92 Å². The minimum absolute atomic E-state index is 0.313. The Hall–Kier alpha value is -1.65. The number of carbonyl (C=O) groups is 1. The van der Waals surface area contributed by atoms with Gasteiger partial charge in [0.15, 0.2) is 0 Å². The number of aliphatic hydroxyl groups excluding tert-OH is 2. The van der Waals surface area contributed by atoms with Gasteiger partial charge in [0.05, 0.1) is 18.8 Å². The minimum atomic E-state index is -1.00. The average Bonchev–Trinajstić information content (AvgIpc) is 2.38. The number of benzene rings is 1. The van der Waals surface area contributed by atoms with E-state index in [0.29, 0.717) is 0 Å². The van der Waals surface area contributed by atoms with E-state index in [-0.39, 0.29) is 19.1 Å². The molecular weight excluding hydrogens is 242 g/mol. The predicted octanol–water partition coefficient (Wildman–Crippen LogP) is 1.26. The Balaban J connectivity index is 2.86. The number of nitrogens with one attached hydrogen (secondary N) is 1. The quantitative estimate of drug-likeness (QED) is 0.700. The maximum atomic E-state index is 11.9. The summed E-state index contributed by atoms with van der Waals surface area (Å²) in [7, 11) is 0. The summed E-state index contributed by atoms with van der Waals surface area (Å²) in [6.45, 7) is 4.80. The van der Waals surface area contributed by atoms with Gasteiger partial charge in [-0.15, -0.1) is 0 Å². The number of rotatable bonds is 5. The van der Waals surface area contributed by atoms with Crippen molar-refractivity contribution in [3.05, 3.63) is 41.5 Å². The minimum Gasteiger partial charge on any atom is -0.394 e. The fraction of sp³-hybridized carbons (Fsp3) is 0.400. The summed E-state index contributed by atoms with van der Waals surface area (Å²) in [6, 6.07) is 7.80. The first-order chi connectivity index (χ1) is 8.91. The van der Waals surface area contributed by atoms with E-state index >= 15 is 0 Å². The van der Waals surface area contributed by atoms with E-state index in [2.05, 4.69) is 5.32 Å². The highest BCUT2D eigenvalue weighted by Crippen LogP contribution is 2.17. The highest BCUT2D eigenvalue weighted by atomic mass is 16.3.